The molecular weight excluding hydrogens is 349 g/mol. The van der Waals surface area contributed by atoms with E-state index in [0.717, 1.165) is 5.75 Å². The number of aryl methyl sites for hydroxylation is 1. The minimum atomic E-state index is -0.331. The second kappa shape index (κ2) is 8.44. The highest BCUT2D eigenvalue weighted by atomic mass is 19.1. The minimum Gasteiger partial charge on any atom is -0.491 e. The molecule has 0 saturated carbocycles. The molecule has 0 radical (unpaired) electrons. The Kier molecular flexibility index (Phi) is 5.80. The first-order chi connectivity index (χ1) is 13.0. The fraction of sp³-hybridized carbons (Fsp3) is 0.250. The van der Waals surface area contributed by atoms with Crippen LogP contribution >= 0.6 is 0 Å². The van der Waals surface area contributed by atoms with Crippen molar-refractivity contribution in [2.75, 3.05) is 5.32 Å². The van der Waals surface area contributed by atoms with E-state index in [9.17, 15) is 9.18 Å². The van der Waals surface area contributed by atoms with Crippen molar-refractivity contribution in [2.45, 2.75) is 32.8 Å². The molecule has 0 bridgehead atoms. The number of amides is 1. The molecule has 2 aromatic carbocycles. The highest BCUT2D eigenvalue weighted by Gasteiger charge is 2.11. The maximum Gasteiger partial charge on any atom is 0.227 e. The van der Waals surface area contributed by atoms with E-state index in [2.05, 4.69) is 15.5 Å². The molecule has 0 aliphatic rings. The van der Waals surface area contributed by atoms with Crippen molar-refractivity contribution in [1.82, 2.24) is 10.1 Å². The summed E-state index contributed by atoms with van der Waals surface area (Å²) in [7, 11) is 0. The van der Waals surface area contributed by atoms with Crippen molar-refractivity contribution >= 4 is 11.6 Å². The standard InChI is InChI=1S/C20H20FN3O3/c1-13(2)26-17-9-7-16(8-10-17)22-18(25)11-12-19-23-20(24-27-19)14-3-5-15(21)6-4-14/h3-10,13H,11-12H2,1-2H3,(H,22,25). The molecule has 1 aromatic heterocycles. The van der Waals surface area contributed by atoms with Crippen molar-refractivity contribution in [1.29, 1.82) is 0 Å². The summed E-state index contributed by atoms with van der Waals surface area (Å²) in [5.74, 6) is 0.982. The average molecular weight is 369 g/mol. The lowest BCUT2D eigenvalue weighted by molar-refractivity contribution is -0.116. The molecule has 3 rings (SSSR count). The summed E-state index contributed by atoms with van der Waals surface area (Å²) in [5, 5.41) is 6.67. The number of hydrogen-bond donors (Lipinski definition) is 1. The topological polar surface area (TPSA) is 77.2 Å². The van der Waals surface area contributed by atoms with E-state index in [-0.39, 0.29) is 24.2 Å². The summed E-state index contributed by atoms with van der Waals surface area (Å²) in [6.45, 7) is 3.91. The fourth-order valence-corrected chi connectivity index (χ4v) is 2.41. The lowest BCUT2D eigenvalue weighted by Crippen LogP contribution is -2.12. The smallest absolute Gasteiger partial charge is 0.227 e. The van der Waals surface area contributed by atoms with Gasteiger partial charge >= 0.3 is 0 Å². The van der Waals surface area contributed by atoms with E-state index in [0.29, 0.717) is 29.4 Å². The van der Waals surface area contributed by atoms with Gasteiger partial charge < -0.3 is 14.6 Å². The normalized spacial score (nSPS) is 10.8. The van der Waals surface area contributed by atoms with Gasteiger partial charge in [-0.05, 0) is 62.4 Å². The number of aromatic nitrogens is 2. The van der Waals surface area contributed by atoms with Gasteiger partial charge in [0.05, 0.1) is 6.10 Å². The Morgan fingerprint density at radius 1 is 1.15 bits per heavy atom. The fourth-order valence-electron chi connectivity index (χ4n) is 2.41. The van der Waals surface area contributed by atoms with Crippen LogP contribution in [0.1, 0.15) is 26.2 Å². The third-order valence-electron chi connectivity index (χ3n) is 3.65. The zero-order chi connectivity index (χ0) is 19.2. The third-order valence-corrected chi connectivity index (χ3v) is 3.65. The lowest BCUT2D eigenvalue weighted by Gasteiger charge is -2.10. The van der Waals surface area contributed by atoms with Crippen LogP contribution in [0.3, 0.4) is 0 Å². The molecule has 7 heteroatoms. The molecule has 1 amide bonds. The van der Waals surface area contributed by atoms with E-state index < -0.39 is 0 Å². The SMILES string of the molecule is CC(C)Oc1ccc(NC(=O)CCc2nc(-c3ccc(F)cc3)no2)cc1. The van der Waals surface area contributed by atoms with Gasteiger partial charge in [-0.15, -0.1) is 0 Å². The molecule has 0 atom stereocenters. The molecule has 0 spiro atoms. The number of nitrogens with zero attached hydrogens (tertiary/aromatic N) is 2. The number of nitrogens with one attached hydrogen (secondary N) is 1. The summed E-state index contributed by atoms with van der Waals surface area (Å²) in [5.41, 5.74) is 1.34. The molecule has 0 aliphatic heterocycles. The predicted molar refractivity (Wildman–Crippen MR) is 98.8 cm³/mol. The third kappa shape index (κ3) is 5.37. The Balaban J connectivity index is 1.51. The van der Waals surface area contributed by atoms with E-state index in [1.807, 2.05) is 26.0 Å². The number of anilines is 1. The molecule has 27 heavy (non-hydrogen) atoms. The van der Waals surface area contributed by atoms with Gasteiger partial charge in [0.2, 0.25) is 17.6 Å². The van der Waals surface area contributed by atoms with Crippen molar-refractivity contribution in [2.24, 2.45) is 0 Å². The van der Waals surface area contributed by atoms with Crippen LogP contribution in [0.25, 0.3) is 11.4 Å². The van der Waals surface area contributed by atoms with E-state index in [4.69, 9.17) is 9.26 Å². The van der Waals surface area contributed by atoms with Crippen LogP contribution in [0.4, 0.5) is 10.1 Å². The highest BCUT2D eigenvalue weighted by Crippen LogP contribution is 2.18. The van der Waals surface area contributed by atoms with Gasteiger partial charge in [-0.25, -0.2) is 4.39 Å². The van der Waals surface area contributed by atoms with Crippen LogP contribution in [0.2, 0.25) is 0 Å². The second-order valence-corrected chi connectivity index (χ2v) is 6.26. The zero-order valence-electron chi connectivity index (χ0n) is 15.1. The Hall–Kier alpha value is -3.22. The highest BCUT2D eigenvalue weighted by molar-refractivity contribution is 5.90. The van der Waals surface area contributed by atoms with Gasteiger partial charge in [0.1, 0.15) is 11.6 Å². The van der Waals surface area contributed by atoms with Crippen molar-refractivity contribution in [3.8, 4) is 17.1 Å². The number of carbonyl (C=O) groups is 1. The van der Waals surface area contributed by atoms with Gasteiger partial charge in [-0.1, -0.05) is 5.16 Å². The van der Waals surface area contributed by atoms with Crippen LogP contribution in [0.15, 0.2) is 53.1 Å². The maximum atomic E-state index is 13.0. The number of rotatable bonds is 7. The summed E-state index contributed by atoms with van der Waals surface area (Å²) in [4.78, 5) is 16.3. The molecule has 0 saturated heterocycles. The Morgan fingerprint density at radius 3 is 2.52 bits per heavy atom. The largest absolute Gasteiger partial charge is 0.491 e. The van der Waals surface area contributed by atoms with Crippen LogP contribution in [0.5, 0.6) is 5.75 Å². The molecule has 140 valence electrons. The van der Waals surface area contributed by atoms with Gasteiger partial charge in [-0.3, -0.25) is 4.79 Å². The van der Waals surface area contributed by atoms with E-state index in [1.54, 1.807) is 24.3 Å². The first-order valence-corrected chi connectivity index (χ1v) is 8.64. The van der Waals surface area contributed by atoms with Gasteiger partial charge in [0.25, 0.3) is 0 Å². The molecule has 1 heterocycles. The second-order valence-electron chi connectivity index (χ2n) is 6.26. The van der Waals surface area contributed by atoms with E-state index >= 15 is 0 Å². The first kappa shape index (κ1) is 18.6. The monoisotopic (exact) mass is 369 g/mol. The maximum absolute atomic E-state index is 13.0. The molecule has 0 fully saturated rings. The van der Waals surface area contributed by atoms with Gasteiger partial charge in [-0.2, -0.15) is 4.98 Å². The van der Waals surface area contributed by atoms with Gasteiger partial charge in [0, 0.05) is 24.1 Å². The zero-order valence-corrected chi connectivity index (χ0v) is 15.1. The summed E-state index contributed by atoms with van der Waals surface area (Å²) < 4.78 is 23.7. The molecular formula is C20H20FN3O3. The Morgan fingerprint density at radius 2 is 1.85 bits per heavy atom. The molecule has 0 aliphatic carbocycles. The first-order valence-electron chi connectivity index (χ1n) is 8.64. The van der Waals surface area contributed by atoms with Crippen LogP contribution < -0.4 is 10.1 Å². The molecule has 1 N–H and O–H groups in total. The average Bonchev–Trinajstić information content (AvgIpc) is 3.11. The van der Waals surface area contributed by atoms with Crippen molar-refractivity contribution < 1.29 is 18.4 Å². The summed E-state index contributed by atoms with van der Waals surface area (Å²) >= 11 is 0. The van der Waals surface area contributed by atoms with E-state index in [1.165, 1.54) is 12.1 Å². The minimum absolute atomic E-state index is 0.0969. The number of ether oxygens (including phenoxy) is 1. The number of benzene rings is 2. The molecule has 3 aromatic rings. The number of hydrogen-bond acceptors (Lipinski definition) is 5. The van der Waals surface area contributed by atoms with Gasteiger partial charge in [0.15, 0.2) is 0 Å². The number of carbonyl (C=O) groups excluding carboxylic acids is 1. The van der Waals surface area contributed by atoms with Crippen LogP contribution in [-0.2, 0) is 11.2 Å². The van der Waals surface area contributed by atoms with Crippen molar-refractivity contribution in [3.05, 3.63) is 60.2 Å². The van der Waals surface area contributed by atoms with Crippen LogP contribution in [-0.4, -0.2) is 22.2 Å². The molecule has 6 nitrogen and oxygen atoms in total. The summed E-state index contributed by atoms with van der Waals surface area (Å²) in [6, 6.07) is 13.0. The Labute approximate surface area is 156 Å². The quantitative estimate of drug-likeness (QED) is 0.674. The molecule has 0 unspecified atom stereocenters. The Bertz CT molecular complexity index is 890. The van der Waals surface area contributed by atoms with Crippen LogP contribution in [0, 0.1) is 5.82 Å². The van der Waals surface area contributed by atoms with Crippen molar-refractivity contribution in [3.63, 3.8) is 0 Å². The summed E-state index contributed by atoms with van der Waals surface area (Å²) in [6.07, 6.45) is 0.615. The predicted octanol–water partition coefficient (Wildman–Crippen LogP) is 4.23. The lowest BCUT2D eigenvalue weighted by atomic mass is 10.2. The number of halogens is 1.